The van der Waals surface area contributed by atoms with E-state index in [2.05, 4.69) is 22.5 Å². The van der Waals surface area contributed by atoms with Crippen LogP contribution in [0.15, 0.2) is 23.2 Å². The van der Waals surface area contributed by atoms with Crippen molar-refractivity contribution < 1.29 is 9.84 Å². The molecule has 3 rings (SSSR count). The zero-order valence-corrected chi connectivity index (χ0v) is 18.1. The Morgan fingerprint density at radius 1 is 1.17 bits per heavy atom. The molecule has 6 heteroatoms. The number of hydrogen-bond donors (Lipinski definition) is 3. The number of aliphatic imine (C=N–C) groups is 1. The minimum absolute atomic E-state index is 0.271. The highest BCUT2D eigenvalue weighted by molar-refractivity contribution is 5.80. The number of methoxy groups -OCH3 is 1. The van der Waals surface area contributed by atoms with Gasteiger partial charge in [0.2, 0.25) is 0 Å². The van der Waals surface area contributed by atoms with E-state index in [-0.39, 0.29) is 5.75 Å². The fourth-order valence-electron chi connectivity index (χ4n) is 4.54. The third-order valence-electron chi connectivity index (χ3n) is 6.25. The van der Waals surface area contributed by atoms with Gasteiger partial charge in [0.15, 0.2) is 5.96 Å². The van der Waals surface area contributed by atoms with Crippen molar-refractivity contribution in [3.05, 3.63) is 23.8 Å². The lowest BCUT2D eigenvalue weighted by Gasteiger charge is -2.39. The minimum Gasteiger partial charge on any atom is -0.508 e. The van der Waals surface area contributed by atoms with Crippen LogP contribution in [0.25, 0.3) is 0 Å². The summed E-state index contributed by atoms with van der Waals surface area (Å²) in [6, 6.07) is 6.75. The number of phenolic OH excluding ortho intramolecular Hbond substituents is 1. The smallest absolute Gasteiger partial charge is 0.191 e. The van der Waals surface area contributed by atoms with Gasteiger partial charge in [0, 0.05) is 44.3 Å². The second-order valence-corrected chi connectivity index (χ2v) is 8.25. The highest BCUT2D eigenvalue weighted by Crippen LogP contribution is 2.25. The van der Waals surface area contributed by atoms with Crippen LogP contribution in [0.2, 0.25) is 0 Å². The van der Waals surface area contributed by atoms with Crippen molar-refractivity contribution in [3.63, 3.8) is 0 Å². The average Bonchev–Trinajstić information content (AvgIpc) is 2.76. The van der Waals surface area contributed by atoms with E-state index < -0.39 is 0 Å². The van der Waals surface area contributed by atoms with Gasteiger partial charge in [-0.3, -0.25) is 4.99 Å². The zero-order valence-electron chi connectivity index (χ0n) is 18.1. The molecule has 1 saturated carbocycles. The molecule has 1 aliphatic carbocycles. The topological polar surface area (TPSA) is 69.1 Å². The summed E-state index contributed by atoms with van der Waals surface area (Å²) >= 11 is 0. The van der Waals surface area contributed by atoms with Gasteiger partial charge in [-0.25, -0.2) is 0 Å². The van der Waals surface area contributed by atoms with Crippen LogP contribution in [-0.4, -0.2) is 61.3 Å². The SMILES string of the molecule is CCNC(=NCCc1ccc(OC)cc1O)NC1CCN(C2CCCCC2)CC1. The number of rotatable bonds is 7. The first-order valence-corrected chi connectivity index (χ1v) is 11.3. The highest BCUT2D eigenvalue weighted by Gasteiger charge is 2.26. The Morgan fingerprint density at radius 3 is 2.59 bits per heavy atom. The van der Waals surface area contributed by atoms with Crippen molar-refractivity contribution >= 4 is 5.96 Å². The fourth-order valence-corrected chi connectivity index (χ4v) is 4.54. The maximum absolute atomic E-state index is 10.1. The zero-order chi connectivity index (χ0) is 20.5. The number of guanidine groups is 1. The second-order valence-electron chi connectivity index (χ2n) is 8.25. The van der Waals surface area contributed by atoms with Crippen LogP contribution < -0.4 is 15.4 Å². The quantitative estimate of drug-likeness (QED) is 0.482. The molecule has 0 atom stereocenters. The van der Waals surface area contributed by atoms with Gasteiger partial charge in [0.1, 0.15) is 11.5 Å². The molecule has 0 radical (unpaired) electrons. The maximum Gasteiger partial charge on any atom is 0.191 e. The van der Waals surface area contributed by atoms with Crippen LogP contribution in [0.3, 0.4) is 0 Å². The van der Waals surface area contributed by atoms with Crippen LogP contribution in [0.1, 0.15) is 57.4 Å². The standard InChI is InChI=1S/C23H38N4O2/c1-3-24-23(25-14-11-18-9-10-21(29-2)17-22(18)28)26-19-12-15-27(16-13-19)20-7-5-4-6-8-20/h9-10,17,19-20,28H,3-8,11-16H2,1-2H3,(H2,24,25,26). The molecule has 29 heavy (non-hydrogen) atoms. The number of piperidine rings is 1. The van der Waals surface area contributed by atoms with Crippen molar-refractivity contribution in [1.29, 1.82) is 0 Å². The lowest BCUT2D eigenvalue weighted by molar-refractivity contribution is 0.119. The Bertz CT molecular complexity index is 650. The van der Waals surface area contributed by atoms with Gasteiger partial charge in [0.05, 0.1) is 7.11 Å². The van der Waals surface area contributed by atoms with Crippen LogP contribution in [-0.2, 0) is 6.42 Å². The second kappa shape index (κ2) is 11.3. The molecule has 0 aromatic heterocycles. The fraction of sp³-hybridized carbons (Fsp3) is 0.696. The lowest BCUT2D eigenvalue weighted by atomic mass is 9.92. The van der Waals surface area contributed by atoms with Gasteiger partial charge >= 0.3 is 0 Å². The number of nitrogens with one attached hydrogen (secondary N) is 2. The van der Waals surface area contributed by atoms with Crippen LogP contribution in [0.4, 0.5) is 0 Å². The minimum atomic E-state index is 0.271. The molecule has 1 aromatic rings. The van der Waals surface area contributed by atoms with Gasteiger partial charge in [-0.15, -0.1) is 0 Å². The van der Waals surface area contributed by atoms with E-state index in [1.54, 1.807) is 13.2 Å². The molecular formula is C23H38N4O2. The van der Waals surface area contributed by atoms with Crippen molar-refractivity contribution in [2.24, 2.45) is 4.99 Å². The van der Waals surface area contributed by atoms with Crippen LogP contribution in [0, 0.1) is 0 Å². The van der Waals surface area contributed by atoms with Crippen LogP contribution >= 0.6 is 0 Å². The number of aromatic hydroxyl groups is 1. The van der Waals surface area contributed by atoms with Gasteiger partial charge in [-0.2, -0.15) is 0 Å². The number of benzene rings is 1. The highest BCUT2D eigenvalue weighted by atomic mass is 16.5. The molecule has 2 fully saturated rings. The first-order valence-electron chi connectivity index (χ1n) is 11.3. The summed E-state index contributed by atoms with van der Waals surface area (Å²) < 4.78 is 5.14. The van der Waals surface area contributed by atoms with Gasteiger partial charge < -0.3 is 25.4 Å². The Morgan fingerprint density at radius 2 is 1.93 bits per heavy atom. The summed E-state index contributed by atoms with van der Waals surface area (Å²) in [6.45, 7) is 5.97. The van der Waals surface area contributed by atoms with Crippen molar-refractivity contribution in [2.75, 3.05) is 33.3 Å². The number of hydrogen-bond acceptors (Lipinski definition) is 4. The summed E-state index contributed by atoms with van der Waals surface area (Å²) in [4.78, 5) is 7.45. The van der Waals surface area contributed by atoms with Gasteiger partial charge in [0.25, 0.3) is 0 Å². The van der Waals surface area contributed by atoms with E-state index >= 15 is 0 Å². The Labute approximate surface area is 175 Å². The van der Waals surface area contributed by atoms with Crippen molar-refractivity contribution in [1.82, 2.24) is 15.5 Å². The van der Waals surface area contributed by atoms with Crippen molar-refractivity contribution in [3.8, 4) is 11.5 Å². The van der Waals surface area contributed by atoms with E-state index in [1.807, 2.05) is 12.1 Å². The molecule has 1 aliphatic heterocycles. The third kappa shape index (κ3) is 6.53. The molecule has 3 N–H and O–H groups in total. The summed E-state index contributed by atoms with van der Waals surface area (Å²) in [5.41, 5.74) is 0.895. The third-order valence-corrected chi connectivity index (χ3v) is 6.25. The van der Waals surface area contributed by atoms with E-state index in [0.717, 1.165) is 24.1 Å². The van der Waals surface area contributed by atoms with Crippen molar-refractivity contribution in [2.45, 2.75) is 70.4 Å². The number of likely N-dealkylation sites (tertiary alicyclic amines) is 1. The first-order chi connectivity index (χ1) is 14.2. The monoisotopic (exact) mass is 402 g/mol. The van der Waals surface area contributed by atoms with E-state index in [1.165, 1.54) is 58.0 Å². The Balaban J connectivity index is 1.47. The number of nitrogens with zero attached hydrogens (tertiary/aromatic N) is 2. The molecule has 0 unspecified atom stereocenters. The first kappa shape index (κ1) is 21.8. The summed E-state index contributed by atoms with van der Waals surface area (Å²) in [5, 5.41) is 17.1. The molecule has 162 valence electrons. The van der Waals surface area contributed by atoms with E-state index in [4.69, 9.17) is 9.73 Å². The largest absolute Gasteiger partial charge is 0.508 e. The molecule has 2 aliphatic rings. The molecule has 1 saturated heterocycles. The predicted molar refractivity (Wildman–Crippen MR) is 119 cm³/mol. The molecule has 0 bridgehead atoms. The molecule has 6 nitrogen and oxygen atoms in total. The Kier molecular flexibility index (Phi) is 8.47. The summed E-state index contributed by atoms with van der Waals surface area (Å²) in [6.07, 6.45) is 10.1. The normalized spacial score (nSPS) is 19.9. The lowest BCUT2D eigenvalue weighted by Crippen LogP contribution is -2.51. The van der Waals surface area contributed by atoms with Gasteiger partial charge in [-0.1, -0.05) is 25.3 Å². The molecule has 1 heterocycles. The molecule has 0 amide bonds. The van der Waals surface area contributed by atoms with E-state index in [9.17, 15) is 5.11 Å². The van der Waals surface area contributed by atoms with E-state index in [0.29, 0.717) is 24.8 Å². The average molecular weight is 403 g/mol. The maximum atomic E-state index is 10.1. The number of phenols is 1. The predicted octanol–water partition coefficient (Wildman–Crippen LogP) is 3.30. The summed E-state index contributed by atoms with van der Waals surface area (Å²) in [7, 11) is 1.60. The molecular weight excluding hydrogens is 364 g/mol. The summed E-state index contributed by atoms with van der Waals surface area (Å²) in [5.74, 6) is 1.83. The Hall–Kier alpha value is -1.95. The van der Waals surface area contributed by atoms with Crippen LogP contribution in [0.5, 0.6) is 11.5 Å². The molecule has 1 aromatic carbocycles. The number of ether oxygens (including phenoxy) is 1. The molecule has 0 spiro atoms. The van der Waals surface area contributed by atoms with Gasteiger partial charge in [-0.05, 0) is 50.7 Å².